The van der Waals surface area contributed by atoms with Gasteiger partial charge in [-0.25, -0.2) is 0 Å². The number of thioether (sulfide) groups is 1. The first-order valence-electron chi connectivity index (χ1n) is 4.83. The number of carboxylic acids is 1. The molecule has 92 valence electrons. The van der Waals surface area contributed by atoms with Crippen LogP contribution in [0.1, 0.15) is 13.3 Å². The molecule has 0 aliphatic rings. The Hall–Kier alpha value is -1.24. The summed E-state index contributed by atoms with van der Waals surface area (Å²) in [6.07, 6.45) is 0.0594. The predicted molar refractivity (Wildman–Crippen MR) is 61.3 cm³/mol. The summed E-state index contributed by atoms with van der Waals surface area (Å²) in [7, 11) is 0. The minimum Gasteiger partial charge on any atom is -0.481 e. The van der Waals surface area contributed by atoms with Crippen LogP contribution in [-0.2, 0) is 14.4 Å². The van der Waals surface area contributed by atoms with Crippen molar-refractivity contribution in [3.63, 3.8) is 0 Å². The SMILES string of the molecule is CC(=O)NCCNC(=O)CSCCC(=O)O. The zero-order chi connectivity index (χ0) is 12.4. The van der Waals surface area contributed by atoms with E-state index in [2.05, 4.69) is 10.6 Å². The summed E-state index contributed by atoms with van der Waals surface area (Å²) in [4.78, 5) is 31.8. The zero-order valence-electron chi connectivity index (χ0n) is 9.12. The van der Waals surface area contributed by atoms with Gasteiger partial charge in [-0.2, -0.15) is 11.8 Å². The van der Waals surface area contributed by atoms with Gasteiger partial charge in [-0.3, -0.25) is 14.4 Å². The van der Waals surface area contributed by atoms with Crippen molar-refractivity contribution in [3.05, 3.63) is 0 Å². The lowest BCUT2D eigenvalue weighted by Crippen LogP contribution is -2.34. The summed E-state index contributed by atoms with van der Waals surface area (Å²) in [6, 6.07) is 0. The number of hydrogen-bond acceptors (Lipinski definition) is 4. The van der Waals surface area contributed by atoms with E-state index < -0.39 is 5.97 Å². The molecule has 0 rings (SSSR count). The highest BCUT2D eigenvalue weighted by Crippen LogP contribution is 2.01. The third-order valence-corrected chi connectivity index (χ3v) is 2.47. The fourth-order valence-corrected chi connectivity index (χ4v) is 1.57. The van der Waals surface area contributed by atoms with Crippen molar-refractivity contribution >= 4 is 29.5 Å². The Morgan fingerprint density at radius 2 is 1.81 bits per heavy atom. The Labute approximate surface area is 98.2 Å². The van der Waals surface area contributed by atoms with E-state index in [1.54, 1.807) is 0 Å². The minimum absolute atomic E-state index is 0.0594. The van der Waals surface area contributed by atoms with Crippen LogP contribution in [0.3, 0.4) is 0 Å². The highest BCUT2D eigenvalue weighted by atomic mass is 32.2. The van der Waals surface area contributed by atoms with E-state index in [4.69, 9.17) is 5.11 Å². The Morgan fingerprint density at radius 3 is 2.38 bits per heavy atom. The molecule has 0 radical (unpaired) electrons. The number of carbonyl (C=O) groups excluding carboxylic acids is 2. The van der Waals surface area contributed by atoms with Gasteiger partial charge in [0.05, 0.1) is 12.2 Å². The molecule has 0 aliphatic heterocycles. The van der Waals surface area contributed by atoms with Gasteiger partial charge in [0.1, 0.15) is 0 Å². The van der Waals surface area contributed by atoms with Crippen LogP contribution in [-0.4, -0.2) is 47.5 Å². The maximum Gasteiger partial charge on any atom is 0.304 e. The van der Waals surface area contributed by atoms with Crippen molar-refractivity contribution in [1.82, 2.24) is 10.6 Å². The molecule has 6 nitrogen and oxygen atoms in total. The molecular formula is C9H16N2O4S. The quantitative estimate of drug-likeness (QED) is 0.501. The second kappa shape index (κ2) is 9.02. The number of amides is 2. The van der Waals surface area contributed by atoms with Crippen molar-refractivity contribution in [3.8, 4) is 0 Å². The Balaban J connectivity index is 3.31. The maximum atomic E-state index is 11.1. The van der Waals surface area contributed by atoms with Crippen molar-refractivity contribution in [2.45, 2.75) is 13.3 Å². The molecule has 7 heteroatoms. The van der Waals surface area contributed by atoms with E-state index in [-0.39, 0.29) is 24.0 Å². The summed E-state index contributed by atoms with van der Waals surface area (Å²) >= 11 is 1.27. The van der Waals surface area contributed by atoms with Crippen LogP contribution in [0.25, 0.3) is 0 Å². The summed E-state index contributed by atoms with van der Waals surface area (Å²) in [5, 5.41) is 13.5. The molecule has 0 heterocycles. The highest BCUT2D eigenvalue weighted by Gasteiger charge is 2.02. The van der Waals surface area contributed by atoms with E-state index in [1.807, 2.05) is 0 Å². The molecule has 3 N–H and O–H groups in total. The molecule has 0 fully saturated rings. The first kappa shape index (κ1) is 14.8. The topological polar surface area (TPSA) is 95.5 Å². The monoisotopic (exact) mass is 248 g/mol. The second-order valence-corrected chi connectivity index (χ2v) is 4.13. The first-order chi connectivity index (χ1) is 7.52. The molecule has 0 atom stereocenters. The summed E-state index contributed by atoms with van der Waals surface area (Å²) in [5.74, 6) is -0.480. The van der Waals surface area contributed by atoms with Crippen molar-refractivity contribution in [2.24, 2.45) is 0 Å². The van der Waals surface area contributed by atoms with Crippen LogP contribution in [0.2, 0.25) is 0 Å². The molecule has 0 aliphatic carbocycles. The number of aliphatic carboxylic acids is 1. The summed E-state index contributed by atoms with van der Waals surface area (Å²) in [5.41, 5.74) is 0. The van der Waals surface area contributed by atoms with E-state index >= 15 is 0 Å². The molecule has 0 unspecified atom stereocenters. The number of hydrogen-bond donors (Lipinski definition) is 3. The van der Waals surface area contributed by atoms with Gasteiger partial charge in [-0.15, -0.1) is 0 Å². The summed E-state index contributed by atoms with van der Waals surface area (Å²) < 4.78 is 0. The van der Waals surface area contributed by atoms with E-state index in [0.29, 0.717) is 18.8 Å². The second-order valence-electron chi connectivity index (χ2n) is 3.03. The fourth-order valence-electron chi connectivity index (χ4n) is 0.816. The number of carbonyl (C=O) groups is 3. The van der Waals surface area contributed by atoms with Gasteiger partial charge in [0.15, 0.2) is 0 Å². The number of carboxylic acid groups (broad SMARTS) is 1. The van der Waals surface area contributed by atoms with Crippen LogP contribution in [0.5, 0.6) is 0 Å². The van der Waals surface area contributed by atoms with Gasteiger partial charge in [-0.1, -0.05) is 0 Å². The smallest absolute Gasteiger partial charge is 0.304 e. The average Bonchev–Trinajstić information content (AvgIpc) is 2.19. The Bertz CT molecular complexity index is 234. The van der Waals surface area contributed by atoms with Crippen molar-refractivity contribution < 1.29 is 19.5 Å². The number of nitrogens with one attached hydrogen (secondary N) is 2. The predicted octanol–water partition coefficient (Wildman–Crippen LogP) is -0.553. The van der Waals surface area contributed by atoms with Crippen LogP contribution in [0.15, 0.2) is 0 Å². The van der Waals surface area contributed by atoms with Crippen LogP contribution >= 0.6 is 11.8 Å². The largest absolute Gasteiger partial charge is 0.481 e. The molecule has 0 saturated heterocycles. The Morgan fingerprint density at radius 1 is 1.19 bits per heavy atom. The molecule has 0 aromatic carbocycles. The van der Waals surface area contributed by atoms with Crippen LogP contribution in [0.4, 0.5) is 0 Å². The molecule has 0 aromatic heterocycles. The fraction of sp³-hybridized carbons (Fsp3) is 0.667. The van der Waals surface area contributed by atoms with Crippen molar-refractivity contribution in [2.75, 3.05) is 24.6 Å². The highest BCUT2D eigenvalue weighted by molar-refractivity contribution is 7.99. The van der Waals surface area contributed by atoms with Gasteiger partial charge in [0.2, 0.25) is 11.8 Å². The maximum absolute atomic E-state index is 11.1. The zero-order valence-corrected chi connectivity index (χ0v) is 9.93. The normalized spacial score (nSPS) is 9.56. The van der Waals surface area contributed by atoms with Gasteiger partial charge in [-0.05, 0) is 0 Å². The van der Waals surface area contributed by atoms with E-state index in [1.165, 1.54) is 18.7 Å². The van der Waals surface area contributed by atoms with E-state index in [9.17, 15) is 14.4 Å². The average molecular weight is 248 g/mol. The third-order valence-electron chi connectivity index (χ3n) is 1.51. The molecule has 0 saturated carbocycles. The van der Waals surface area contributed by atoms with Crippen molar-refractivity contribution in [1.29, 1.82) is 0 Å². The van der Waals surface area contributed by atoms with Gasteiger partial charge >= 0.3 is 5.97 Å². The molecule has 0 bridgehead atoms. The molecule has 0 spiro atoms. The lowest BCUT2D eigenvalue weighted by molar-refractivity contribution is -0.136. The molecule has 16 heavy (non-hydrogen) atoms. The molecule has 2 amide bonds. The van der Waals surface area contributed by atoms with Crippen LogP contribution in [0, 0.1) is 0 Å². The first-order valence-corrected chi connectivity index (χ1v) is 5.98. The van der Waals surface area contributed by atoms with Gasteiger partial charge < -0.3 is 15.7 Å². The molecule has 0 aromatic rings. The lowest BCUT2D eigenvalue weighted by atomic mass is 10.5. The minimum atomic E-state index is -0.862. The van der Waals surface area contributed by atoms with Crippen LogP contribution < -0.4 is 10.6 Å². The standard InChI is InChI=1S/C9H16N2O4S/c1-7(12)10-3-4-11-8(13)6-16-5-2-9(14)15/h2-6H2,1H3,(H,10,12)(H,11,13)(H,14,15). The molecular weight excluding hydrogens is 232 g/mol. The Kier molecular flexibility index (Phi) is 8.32. The third kappa shape index (κ3) is 10.8. The van der Waals surface area contributed by atoms with E-state index in [0.717, 1.165) is 0 Å². The number of rotatable bonds is 8. The van der Waals surface area contributed by atoms with Gasteiger partial charge in [0.25, 0.3) is 0 Å². The van der Waals surface area contributed by atoms with Gasteiger partial charge in [0, 0.05) is 25.8 Å². The lowest BCUT2D eigenvalue weighted by Gasteiger charge is -2.04. The summed E-state index contributed by atoms with van der Waals surface area (Å²) in [6.45, 7) is 2.20.